The first-order chi connectivity index (χ1) is 11.4. The number of non-ortho nitro benzene ring substituents is 1. The molecule has 0 bridgehead atoms. The van der Waals surface area contributed by atoms with Gasteiger partial charge in [0.15, 0.2) is 0 Å². The molecular weight excluding hydrogens is 350 g/mol. The number of carboxylic acid groups (broad SMARTS) is 1. The number of anilines is 1. The monoisotopic (exact) mass is 371 g/mol. The Hall–Kier alpha value is -2.19. The molecule has 1 aromatic carbocycles. The lowest BCUT2D eigenvalue weighted by atomic mass is 9.98. The van der Waals surface area contributed by atoms with Gasteiger partial charge in [0.05, 0.1) is 10.8 Å². The van der Waals surface area contributed by atoms with E-state index in [1.165, 1.54) is 18.2 Å². The van der Waals surface area contributed by atoms with E-state index in [-0.39, 0.29) is 36.3 Å². The van der Waals surface area contributed by atoms with Crippen LogP contribution in [0.2, 0.25) is 0 Å². The van der Waals surface area contributed by atoms with E-state index >= 15 is 0 Å². The number of piperidine rings is 1. The van der Waals surface area contributed by atoms with E-state index in [0.717, 1.165) is 13.0 Å². The number of aliphatic carboxylic acids is 1. The zero-order valence-corrected chi connectivity index (χ0v) is 14.8. The van der Waals surface area contributed by atoms with Crippen molar-refractivity contribution in [3.63, 3.8) is 0 Å². The maximum absolute atomic E-state index is 12.1. The molecule has 1 amide bonds. The number of hydrogen-bond acceptors (Lipinski definition) is 5. The summed E-state index contributed by atoms with van der Waals surface area (Å²) < 4.78 is 0. The van der Waals surface area contributed by atoms with Crippen LogP contribution in [-0.4, -0.2) is 46.4 Å². The Morgan fingerprint density at radius 1 is 1.44 bits per heavy atom. The third-order valence-corrected chi connectivity index (χ3v) is 4.20. The Labute approximate surface area is 151 Å². The summed E-state index contributed by atoms with van der Waals surface area (Å²) in [4.78, 5) is 35.3. The Morgan fingerprint density at radius 3 is 2.76 bits per heavy atom. The van der Waals surface area contributed by atoms with E-state index in [4.69, 9.17) is 5.11 Å². The number of aryl methyl sites for hydroxylation is 1. The topological polar surface area (TPSA) is 113 Å². The van der Waals surface area contributed by atoms with Gasteiger partial charge >= 0.3 is 5.97 Å². The molecule has 0 aromatic heterocycles. The van der Waals surface area contributed by atoms with Crippen molar-refractivity contribution >= 4 is 35.7 Å². The number of carboxylic acids is 1. The van der Waals surface area contributed by atoms with Crippen LogP contribution < -0.4 is 5.32 Å². The molecule has 1 fully saturated rings. The van der Waals surface area contributed by atoms with Crippen molar-refractivity contribution in [3.05, 3.63) is 33.9 Å². The number of rotatable bonds is 6. The molecule has 0 radical (unpaired) electrons. The molecule has 0 saturated carbocycles. The number of nitrogens with one attached hydrogen (secondary N) is 1. The number of benzene rings is 1. The summed E-state index contributed by atoms with van der Waals surface area (Å²) in [6.07, 6.45) is 1.75. The minimum Gasteiger partial charge on any atom is -0.481 e. The van der Waals surface area contributed by atoms with Crippen LogP contribution in [-0.2, 0) is 9.59 Å². The molecule has 1 unspecified atom stereocenters. The van der Waals surface area contributed by atoms with E-state index in [9.17, 15) is 19.7 Å². The third-order valence-electron chi connectivity index (χ3n) is 4.20. The van der Waals surface area contributed by atoms with Crippen LogP contribution in [0.4, 0.5) is 11.4 Å². The molecule has 2 rings (SSSR count). The fraction of sp³-hybridized carbons (Fsp3) is 0.500. The van der Waals surface area contributed by atoms with E-state index in [0.29, 0.717) is 30.8 Å². The molecule has 0 aliphatic carbocycles. The SMILES string of the molecule is Cc1cc([N+](=O)[O-])ccc1NC(=O)CCN1CCCC(C(=O)O)C1.Cl. The van der Waals surface area contributed by atoms with Gasteiger partial charge < -0.3 is 15.3 Å². The molecule has 1 aromatic rings. The summed E-state index contributed by atoms with van der Waals surface area (Å²) in [6, 6.07) is 4.29. The first kappa shape index (κ1) is 20.9. The number of carbonyl (C=O) groups excluding carboxylic acids is 1. The molecule has 0 spiro atoms. The molecule has 1 aliphatic rings. The summed E-state index contributed by atoms with van der Waals surface area (Å²) in [6.45, 7) is 3.47. The zero-order valence-electron chi connectivity index (χ0n) is 13.9. The Balaban J connectivity index is 0.00000312. The van der Waals surface area contributed by atoms with Crippen molar-refractivity contribution in [1.29, 1.82) is 0 Å². The minimum absolute atomic E-state index is 0. The lowest BCUT2D eigenvalue weighted by Crippen LogP contribution is -2.40. The van der Waals surface area contributed by atoms with Crippen LogP contribution in [0.3, 0.4) is 0 Å². The van der Waals surface area contributed by atoms with E-state index in [2.05, 4.69) is 5.32 Å². The molecule has 1 aliphatic heterocycles. The fourth-order valence-corrected chi connectivity index (χ4v) is 2.83. The summed E-state index contributed by atoms with van der Waals surface area (Å²) in [5.41, 5.74) is 1.16. The van der Waals surface area contributed by atoms with Gasteiger partial charge in [-0.25, -0.2) is 0 Å². The number of nitrogens with zero attached hydrogens (tertiary/aromatic N) is 2. The number of amides is 1. The van der Waals surface area contributed by atoms with E-state index in [1.807, 2.05) is 4.90 Å². The Morgan fingerprint density at radius 2 is 2.16 bits per heavy atom. The number of likely N-dealkylation sites (tertiary alicyclic amines) is 1. The lowest BCUT2D eigenvalue weighted by molar-refractivity contribution is -0.384. The first-order valence-corrected chi connectivity index (χ1v) is 7.87. The quantitative estimate of drug-likeness (QED) is 0.586. The van der Waals surface area contributed by atoms with Crippen LogP contribution in [0.15, 0.2) is 18.2 Å². The van der Waals surface area contributed by atoms with Crippen LogP contribution in [0.25, 0.3) is 0 Å². The second-order valence-corrected chi connectivity index (χ2v) is 6.03. The molecule has 1 atom stereocenters. The first-order valence-electron chi connectivity index (χ1n) is 7.87. The van der Waals surface area contributed by atoms with Gasteiger partial charge in [0, 0.05) is 37.3 Å². The number of nitro groups is 1. The van der Waals surface area contributed by atoms with E-state index < -0.39 is 10.9 Å². The van der Waals surface area contributed by atoms with E-state index in [1.54, 1.807) is 6.92 Å². The van der Waals surface area contributed by atoms with Crippen molar-refractivity contribution in [3.8, 4) is 0 Å². The second kappa shape index (κ2) is 9.33. The highest BCUT2D eigenvalue weighted by molar-refractivity contribution is 5.91. The zero-order chi connectivity index (χ0) is 17.7. The largest absolute Gasteiger partial charge is 0.481 e. The summed E-state index contributed by atoms with van der Waals surface area (Å²) in [5.74, 6) is -1.34. The average molecular weight is 372 g/mol. The summed E-state index contributed by atoms with van der Waals surface area (Å²) >= 11 is 0. The van der Waals surface area contributed by atoms with Gasteiger partial charge in [0.2, 0.25) is 5.91 Å². The van der Waals surface area contributed by atoms with Gasteiger partial charge in [0.1, 0.15) is 0 Å². The maximum Gasteiger partial charge on any atom is 0.307 e. The van der Waals surface area contributed by atoms with Gasteiger partial charge in [-0.3, -0.25) is 19.7 Å². The van der Waals surface area contributed by atoms with Gasteiger partial charge in [0.25, 0.3) is 5.69 Å². The smallest absolute Gasteiger partial charge is 0.307 e. The second-order valence-electron chi connectivity index (χ2n) is 6.03. The van der Waals surface area contributed by atoms with Crippen LogP contribution in [0.5, 0.6) is 0 Å². The van der Waals surface area contributed by atoms with Crippen molar-refractivity contribution in [2.75, 3.05) is 25.0 Å². The number of hydrogen-bond donors (Lipinski definition) is 2. The van der Waals surface area contributed by atoms with Crippen LogP contribution in [0.1, 0.15) is 24.8 Å². The van der Waals surface area contributed by atoms with Gasteiger partial charge in [-0.05, 0) is 37.9 Å². The van der Waals surface area contributed by atoms with Gasteiger partial charge in [-0.1, -0.05) is 0 Å². The van der Waals surface area contributed by atoms with Crippen molar-refractivity contribution in [1.82, 2.24) is 4.90 Å². The normalized spacial score (nSPS) is 17.4. The van der Waals surface area contributed by atoms with Gasteiger partial charge in [-0.2, -0.15) is 0 Å². The molecule has 25 heavy (non-hydrogen) atoms. The number of nitro benzene ring substituents is 1. The molecule has 1 saturated heterocycles. The van der Waals surface area contributed by atoms with Crippen molar-refractivity contribution in [2.24, 2.45) is 5.92 Å². The number of halogens is 1. The Kier molecular flexibility index (Phi) is 7.79. The summed E-state index contributed by atoms with van der Waals surface area (Å²) in [5, 5.41) is 22.5. The fourth-order valence-electron chi connectivity index (χ4n) is 2.83. The average Bonchev–Trinajstić information content (AvgIpc) is 2.55. The maximum atomic E-state index is 12.1. The highest BCUT2D eigenvalue weighted by Crippen LogP contribution is 2.21. The summed E-state index contributed by atoms with van der Waals surface area (Å²) in [7, 11) is 0. The van der Waals surface area contributed by atoms with Crippen molar-refractivity contribution < 1.29 is 19.6 Å². The van der Waals surface area contributed by atoms with Gasteiger partial charge in [-0.15, -0.1) is 12.4 Å². The third kappa shape index (κ3) is 5.99. The highest BCUT2D eigenvalue weighted by atomic mass is 35.5. The molecule has 9 heteroatoms. The predicted octanol–water partition coefficient (Wildman–Crippen LogP) is 2.45. The molecule has 2 N–H and O–H groups in total. The molecule has 8 nitrogen and oxygen atoms in total. The molecular formula is C16H22ClN3O5. The van der Waals surface area contributed by atoms with Crippen LogP contribution >= 0.6 is 12.4 Å². The lowest BCUT2D eigenvalue weighted by Gasteiger charge is -2.30. The molecule has 1 heterocycles. The van der Waals surface area contributed by atoms with Crippen molar-refractivity contribution in [2.45, 2.75) is 26.2 Å². The number of carbonyl (C=O) groups is 2. The standard InChI is InChI=1S/C16H21N3O5.ClH/c1-11-9-13(19(23)24)4-5-14(11)17-15(20)6-8-18-7-2-3-12(10-18)16(21)22;/h4-5,9,12H,2-3,6-8,10H2,1H3,(H,17,20)(H,21,22);1H. The Bertz CT molecular complexity index is 653. The highest BCUT2D eigenvalue weighted by Gasteiger charge is 2.25. The predicted molar refractivity (Wildman–Crippen MR) is 95.1 cm³/mol. The van der Waals surface area contributed by atoms with Crippen LogP contribution in [0, 0.1) is 23.0 Å². The minimum atomic E-state index is -0.786. The molecule has 138 valence electrons.